The van der Waals surface area contributed by atoms with E-state index >= 15 is 0 Å². The fourth-order valence-electron chi connectivity index (χ4n) is 2.93. The fraction of sp³-hybridized carbons (Fsp3) is 0.500. The molecule has 2 unspecified atom stereocenters. The van der Waals surface area contributed by atoms with Crippen molar-refractivity contribution in [3.8, 4) is 0 Å². The molecule has 1 saturated heterocycles. The first-order valence-corrected chi connectivity index (χ1v) is 8.42. The van der Waals surface area contributed by atoms with Gasteiger partial charge in [-0.05, 0) is 37.0 Å². The summed E-state index contributed by atoms with van der Waals surface area (Å²) in [6.45, 7) is 0.990. The number of aliphatic carboxylic acids is 1. The summed E-state index contributed by atoms with van der Waals surface area (Å²) in [6.07, 6.45) is 2.13. The maximum absolute atomic E-state index is 12.2. The summed E-state index contributed by atoms with van der Waals surface area (Å²) in [4.78, 5) is 35.2. The van der Waals surface area contributed by atoms with Crippen LogP contribution < -0.4 is 10.6 Å². The van der Waals surface area contributed by atoms with E-state index in [1.165, 1.54) is 0 Å². The SMILES string of the molecule is CNC(=O)c1cccc(CCC(=O)NC(C(=O)O)C2CCCOC2)c1. The van der Waals surface area contributed by atoms with Crippen molar-refractivity contribution in [1.82, 2.24) is 10.6 Å². The Morgan fingerprint density at radius 1 is 1.36 bits per heavy atom. The molecule has 0 aliphatic carbocycles. The van der Waals surface area contributed by atoms with Gasteiger partial charge in [0.1, 0.15) is 6.04 Å². The Balaban J connectivity index is 1.90. The van der Waals surface area contributed by atoms with Crippen LogP contribution in [-0.2, 0) is 20.7 Å². The molecule has 25 heavy (non-hydrogen) atoms. The third-order valence-corrected chi connectivity index (χ3v) is 4.31. The van der Waals surface area contributed by atoms with Gasteiger partial charge in [-0.15, -0.1) is 0 Å². The van der Waals surface area contributed by atoms with Crippen LogP contribution in [0.4, 0.5) is 0 Å². The van der Waals surface area contributed by atoms with Crippen molar-refractivity contribution in [2.75, 3.05) is 20.3 Å². The molecule has 3 N–H and O–H groups in total. The second-order valence-corrected chi connectivity index (χ2v) is 6.14. The predicted molar refractivity (Wildman–Crippen MR) is 91.3 cm³/mol. The number of carbonyl (C=O) groups is 3. The minimum Gasteiger partial charge on any atom is -0.480 e. The van der Waals surface area contributed by atoms with Crippen molar-refractivity contribution in [3.63, 3.8) is 0 Å². The Morgan fingerprint density at radius 3 is 2.80 bits per heavy atom. The van der Waals surface area contributed by atoms with E-state index in [0.29, 0.717) is 25.2 Å². The van der Waals surface area contributed by atoms with Crippen LogP contribution in [0.15, 0.2) is 24.3 Å². The molecule has 1 aliphatic heterocycles. The number of rotatable bonds is 7. The molecule has 0 saturated carbocycles. The van der Waals surface area contributed by atoms with E-state index in [-0.39, 0.29) is 24.2 Å². The van der Waals surface area contributed by atoms with Crippen molar-refractivity contribution in [1.29, 1.82) is 0 Å². The monoisotopic (exact) mass is 348 g/mol. The van der Waals surface area contributed by atoms with Gasteiger partial charge in [0, 0.05) is 31.6 Å². The first kappa shape index (κ1) is 18.9. The molecule has 0 bridgehead atoms. The lowest BCUT2D eigenvalue weighted by Gasteiger charge is -2.28. The molecular formula is C18H24N2O5. The quantitative estimate of drug-likeness (QED) is 0.681. The minimum absolute atomic E-state index is 0.161. The largest absolute Gasteiger partial charge is 0.480 e. The van der Waals surface area contributed by atoms with Crippen LogP contribution in [0.3, 0.4) is 0 Å². The number of carboxylic acid groups (broad SMARTS) is 1. The summed E-state index contributed by atoms with van der Waals surface area (Å²) in [5, 5.41) is 14.5. The normalized spacial score (nSPS) is 18.2. The molecule has 0 aromatic heterocycles. The molecule has 2 amide bonds. The number of aryl methyl sites for hydroxylation is 1. The summed E-state index contributed by atoms with van der Waals surface area (Å²) in [5.41, 5.74) is 1.38. The van der Waals surface area contributed by atoms with Gasteiger partial charge in [0.05, 0.1) is 6.61 Å². The summed E-state index contributed by atoms with van der Waals surface area (Å²) in [6, 6.07) is 6.10. The standard InChI is InChI=1S/C18H24N2O5/c1-19-17(22)13-5-2-4-12(10-13)7-8-15(21)20-16(18(23)24)14-6-3-9-25-11-14/h2,4-5,10,14,16H,3,6-9,11H2,1H3,(H,19,22)(H,20,21)(H,23,24). The molecule has 1 aromatic rings. The number of nitrogens with one attached hydrogen (secondary N) is 2. The van der Waals surface area contributed by atoms with Crippen LogP contribution >= 0.6 is 0 Å². The smallest absolute Gasteiger partial charge is 0.326 e. The summed E-state index contributed by atoms with van der Waals surface area (Å²) < 4.78 is 5.32. The van der Waals surface area contributed by atoms with E-state index in [2.05, 4.69) is 10.6 Å². The summed E-state index contributed by atoms with van der Waals surface area (Å²) in [7, 11) is 1.56. The van der Waals surface area contributed by atoms with Gasteiger partial charge in [-0.2, -0.15) is 0 Å². The van der Waals surface area contributed by atoms with Crippen LogP contribution in [0.1, 0.15) is 35.2 Å². The molecule has 0 spiro atoms. The lowest BCUT2D eigenvalue weighted by Crippen LogP contribution is -2.48. The molecule has 136 valence electrons. The van der Waals surface area contributed by atoms with Gasteiger partial charge in [0.15, 0.2) is 0 Å². The molecule has 1 aliphatic rings. The van der Waals surface area contributed by atoms with Crippen molar-refractivity contribution in [2.45, 2.75) is 31.7 Å². The second-order valence-electron chi connectivity index (χ2n) is 6.14. The zero-order valence-electron chi connectivity index (χ0n) is 14.3. The van der Waals surface area contributed by atoms with Gasteiger partial charge in [0.25, 0.3) is 5.91 Å². The molecule has 2 rings (SSSR count). The van der Waals surface area contributed by atoms with Gasteiger partial charge >= 0.3 is 5.97 Å². The van der Waals surface area contributed by atoms with Crippen LogP contribution in [0.25, 0.3) is 0 Å². The molecular weight excluding hydrogens is 324 g/mol. The van der Waals surface area contributed by atoms with Crippen molar-refractivity contribution in [2.24, 2.45) is 5.92 Å². The maximum Gasteiger partial charge on any atom is 0.326 e. The zero-order chi connectivity index (χ0) is 18.2. The topological polar surface area (TPSA) is 105 Å². The number of carbonyl (C=O) groups excluding carboxylic acids is 2. The highest BCUT2D eigenvalue weighted by Gasteiger charge is 2.31. The average Bonchev–Trinajstić information content (AvgIpc) is 2.64. The molecule has 1 heterocycles. The Kier molecular flexibility index (Phi) is 6.94. The summed E-state index contributed by atoms with van der Waals surface area (Å²) in [5.74, 6) is -1.74. The van der Waals surface area contributed by atoms with E-state index in [1.807, 2.05) is 6.07 Å². The van der Waals surface area contributed by atoms with Crippen LogP contribution in [0, 0.1) is 5.92 Å². The third-order valence-electron chi connectivity index (χ3n) is 4.31. The highest BCUT2D eigenvalue weighted by Crippen LogP contribution is 2.18. The third kappa shape index (κ3) is 5.56. The molecule has 7 nitrogen and oxygen atoms in total. The first-order chi connectivity index (χ1) is 12.0. The van der Waals surface area contributed by atoms with Gasteiger partial charge in [-0.1, -0.05) is 12.1 Å². The Bertz CT molecular complexity index is 626. The van der Waals surface area contributed by atoms with Crippen LogP contribution in [0.5, 0.6) is 0 Å². The average molecular weight is 348 g/mol. The van der Waals surface area contributed by atoms with Crippen molar-refractivity contribution < 1.29 is 24.2 Å². The van der Waals surface area contributed by atoms with Crippen molar-refractivity contribution in [3.05, 3.63) is 35.4 Å². The number of amides is 2. The molecule has 2 atom stereocenters. The predicted octanol–water partition coefficient (Wildman–Crippen LogP) is 0.975. The van der Waals surface area contributed by atoms with E-state index in [9.17, 15) is 19.5 Å². The first-order valence-electron chi connectivity index (χ1n) is 8.42. The molecule has 1 aromatic carbocycles. The Morgan fingerprint density at radius 2 is 2.16 bits per heavy atom. The maximum atomic E-state index is 12.2. The fourth-order valence-corrected chi connectivity index (χ4v) is 2.93. The van der Waals surface area contributed by atoms with E-state index in [4.69, 9.17) is 4.74 Å². The zero-order valence-corrected chi connectivity index (χ0v) is 14.3. The lowest BCUT2D eigenvalue weighted by molar-refractivity contribution is -0.145. The highest BCUT2D eigenvalue weighted by atomic mass is 16.5. The van der Waals surface area contributed by atoms with E-state index in [1.54, 1.807) is 25.2 Å². The number of benzene rings is 1. The highest BCUT2D eigenvalue weighted by molar-refractivity contribution is 5.94. The lowest BCUT2D eigenvalue weighted by atomic mass is 9.93. The van der Waals surface area contributed by atoms with Crippen LogP contribution in [-0.4, -0.2) is 49.2 Å². The number of hydrogen-bond acceptors (Lipinski definition) is 4. The van der Waals surface area contributed by atoms with Crippen LogP contribution in [0.2, 0.25) is 0 Å². The van der Waals surface area contributed by atoms with E-state index in [0.717, 1.165) is 18.4 Å². The molecule has 1 fully saturated rings. The van der Waals surface area contributed by atoms with Gasteiger partial charge < -0.3 is 20.5 Å². The number of carboxylic acids is 1. The van der Waals surface area contributed by atoms with Gasteiger partial charge in [0.2, 0.25) is 5.91 Å². The Labute approximate surface area is 146 Å². The van der Waals surface area contributed by atoms with Gasteiger partial charge in [-0.3, -0.25) is 9.59 Å². The van der Waals surface area contributed by atoms with Gasteiger partial charge in [-0.25, -0.2) is 4.79 Å². The molecule has 7 heteroatoms. The number of ether oxygens (including phenoxy) is 1. The second kappa shape index (κ2) is 9.17. The minimum atomic E-state index is -1.04. The van der Waals surface area contributed by atoms with E-state index < -0.39 is 12.0 Å². The molecule has 0 radical (unpaired) electrons. The van der Waals surface area contributed by atoms with Crippen molar-refractivity contribution >= 4 is 17.8 Å². The number of hydrogen-bond donors (Lipinski definition) is 3. The Hall–Kier alpha value is -2.41. The summed E-state index contributed by atoms with van der Waals surface area (Å²) >= 11 is 0.